The molecule has 1 aliphatic heterocycles. The summed E-state index contributed by atoms with van der Waals surface area (Å²) in [7, 11) is 0. The van der Waals surface area contributed by atoms with Crippen LogP contribution in [0.3, 0.4) is 0 Å². The van der Waals surface area contributed by atoms with Gasteiger partial charge in [-0.3, -0.25) is 4.79 Å². The summed E-state index contributed by atoms with van der Waals surface area (Å²) in [5.41, 5.74) is 9.35. The fourth-order valence-corrected chi connectivity index (χ4v) is 4.46. The molecule has 0 bridgehead atoms. The van der Waals surface area contributed by atoms with Crippen LogP contribution in [0.25, 0.3) is 5.69 Å². The third-order valence-corrected chi connectivity index (χ3v) is 6.15. The van der Waals surface area contributed by atoms with E-state index in [9.17, 15) is 4.79 Å². The van der Waals surface area contributed by atoms with Crippen LogP contribution in [0.15, 0.2) is 18.2 Å². The van der Waals surface area contributed by atoms with Crippen LogP contribution in [0.4, 0.5) is 0 Å². The van der Waals surface area contributed by atoms with Gasteiger partial charge in [0.05, 0.1) is 10.7 Å². The zero-order chi connectivity index (χ0) is 18.5. The Morgan fingerprint density at radius 3 is 2.85 bits per heavy atom. The van der Waals surface area contributed by atoms with E-state index in [1.165, 1.54) is 0 Å². The number of fused-ring (bicyclic) bond motifs is 1. The van der Waals surface area contributed by atoms with E-state index in [-0.39, 0.29) is 11.3 Å². The Kier molecular flexibility index (Phi) is 4.49. The molecule has 1 atom stereocenters. The first-order valence-corrected chi connectivity index (χ1v) is 9.73. The number of carbonyl (C=O) groups excluding carboxylic acids is 1. The number of rotatable bonds is 3. The van der Waals surface area contributed by atoms with Crippen molar-refractivity contribution in [1.82, 2.24) is 14.7 Å². The Morgan fingerprint density at radius 1 is 1.35 bits per heavy atom. The second-order valence-electron chi connectivity index (χ2n) is 7.63. The first-order valence-electron chi connectivity index (χ1n) is 8.97. The number of nitrogens with zero attached hydrogens (tertiary/aromatic N) is 3. The number of benzene rings is 1. The Balaban J connectivity index is 1.72. The Bertz CT molecular complexity index is 879. The molecule has 2 heterocycles. The molecular weight excluding hydrogens is 371 g/mol. The van der Waals surface area contributed by atoms with Crippen molar-refractivity contribution in [2.45, 2.75) is 32.6 Å². The Hall–Kier alpha value is -1.56. The second kappa shape index (κ2) is 6.55. The van der Waals surface area contributed by atoms with E-state index in [2.05, 4.69) is 12.0 Å². The monoisotopic (exact) mass is 392 g/mol. The van der Waals surface area contributed by atoms with Crippen LogP contribution in [-0.4, -0.2) is 40.2 Å². The number of aromatic nitrogens is 2. The van der Waals surface area contributed by atoms with Gasteiger partial charge in [0.25, 0.3) is 5.91 Å². The van der Waals surface area contributed by atoms with E-state index >= 15 is 0 Å². The van der Waals surface area contributed by atoms with Gasteiger partial charge in [-0.2, -0.15) is 5.10 Å². The summed E-state index contributed by atoms with van der Waals surface area (Å²) in [6.45, 7) is 4.14. The van der Waals surface area contributed by atoms with E-state index in [1.54, 1.807) is 12.1 Å². The number of hydrogen-bond donors (Lipinski definition) is 1. The minimum Gasteiger partial charge on any atom is -0.337 e. The van der Waals surface area contributed by atoms with E-state index in [0.717, 1.165) is 49.2 Å². The highest BCUT2D eigenvalue weighted by Gasteiger charge is 2.38. The van der Waals surface area contributed by atoms with Crippen LogP contribution >= 0.6 is 23.2 Å². The number of likely N-dealkylation sites (tertiary alicyclic amines) is 1. The van der Waals surface area contributed by atoms with Gasteiger partial charge < -0.3 is 10.6 Å². The smallest absolute Gasteiger partial charge is 0.274 e. The SMILES string of the molecule is CC1(CN)CCN(C(=O)c2nn(-c3ccc(Cl)cc3Cl)c3c2CCC3)C1. The molecule has 0 spiro atoms. The molecule has 7 heteroatoms. The first kappa shape index (κ1) is 17.8. The fraction of sp³-hybridized carbons (Fsp3) is 0.474. The zero-order valence-electron chi connectivity index (χ0n) is 14.8. The van der Waals surface area contributed by atoms with Gasteiger partial charge in [-0.25, -0.2) is 4.68 Å². The van der Waals surface area contributed by atoms with Crippen molar-refractivity contribution in [2.24, 2.45) is 11.1 Å². The van der Waals surface area contributed by atoms with Gasteiger partial charge >= 0.3 is 0 Å². The zero-order valence-corrected chi connectivity index (χ0v) is 16.3. The molecular formula is C19H22Cl2N4O. The van der Waals surface area contributed by atoms with Crippen molar-refractivity contribution >= 4 is 29.1 Å². The summed E-state index contributed by atoms with van der Waals surface area (Å²) in [4.78, 5) is 15.0. The van der Waals surface area contributed by atoms with Crippen molar-refractivity contribution in [1.29, 1.82) is 0 Å². The predicted molar refractivity (Wildman–Crippen MR) is 103 cm³/mol. The molecule has 5 nitrogen and oxygen atoms in total. The quantitative estimate of drug-likeness (QED) is 0.869. The molecule has 26 heavy (non-hydrogen) atoms. The van der Waals surface area contributed by atoms with E-state index < -0.39 is 0 Å². The molecule has 4 rings (SSSR count). The molecule has 1 aliphatic carbocycles. The van der Waals surface area contributed by atoms with Crippen LogP contribution in [0.2, 0.25) is 10.0 Å². The summed E-state index contributed by atoms with van der Waals surface area (Å²) < 4.78 is 1.83. The Labute approximate surface area is 163 Å². The molecule has 1 aromatic heterocycles. The lowest BCUT2D eigenvalue weighted by Gasteiger charge is -2.22. The van der Waals surface area contributed by atoms with Gasteiger partial charge in [0.2, 0.25) is 0 Å². The lowest BCUT2D eigenvalue weighted by molar-refractivity contribution is 0.0769. The molecule has 2 aromatic rings. The predicted octanol–water partition coefficient (Wildman–Crippen LogP) is 3.48. The molecule has 1 amide bonds. The van der Waals surface area contributed by atoms with E-state index in [4.69, 9.17) is 28.9 Å². The maximum atomic E-state index is 13.1. The van der Waals surface area contributed by atoms with Gasteiger partial charge in [0.15, 0.2) is 5.69 Å². The summed E-state index contributed by atoms with van der Waals surface area (Å²) >= 11 is 12.4. The van der Waals surface area contributed by atoms with Gasteiger partial charge in [-0.15, -0.1) is 0 Å². The molecule has 1 saturated heterocycles. The summed E-state index contributed by atoms with van der Waals surface area (Å²) in [5.74, 6) is 0.00385. The topological polar surface area (TPSA) is 64.2 Å². The first-order chi connectivity index (χ1) is 12.4. The van der Waals surface area contributed by atoms with Crippen LogP contribution in [0, 0.1) is 5.41 Å². The summed E-state index contributed by atoms with van der Waals surface area (Å²) in [6.07, 6.45) is 3.74. The lowest BCUT2D eigenvalue weighted by Crippen LogP contribution is -2.35. The fourth-order valence-electron chi connectivity index (χ4n) is 3.97. The summed E-state index contributed by atoms with van der Waals surface area (Å²) in [6, 6.07) is 5.35. The van der Waals surface area contributed by atoms with Crippen molar-refractivity contribution in [2.75, 3.05) is 19.6 Å². The molecule has 0 saturated carbocycles. The highest BCUT2D eigenvalue weighted by molar-refractivity contribution is 6.35. The normalized spacial score (nSPS) is 22.1. The standard InChI is InChI=1S/C19H22Cl2N4O/c1-19(10-22)7-8-24(11-19)18(26)17-13-3-2-4-15(13)25(23-17)16-6-5-12(20)9-14(16)21/h5-6,9H,2-4,7-8,10-11,22H2,1H3. The minimum absolute atomic E-state index is 0.000879. The highest BCUT2D eigenvalue weighted by Crippen LogP contribution is 2.34. The number of hydrogen-bond acceptors (Lipinski definition) is 3. The molecule has 1 fully saturated rings. The molecule has 2 aliphatic rings. The third-order valence-electron chi connectivity index (χ3n) is 5.61. The molecule has 1 aromatic carbocycles. The van der Waals surface area contributed by atoms with E-state index in [0.29, 0.717) is 28.8 Å². The number of halogens is 2. The van der Waals surface area contributed by atoms with Crippen LogP contribution in [0.5, 0.6) is 0 Å². The Morgan fingerprint density at radius 2 is 2.15 bits per heavy atom. The minimum atomic E-state index is 0.000879. The van der Waals surface area contributed by atoms with Crippen molar-refractivity contribution in [3.8, 4) is 5.69 Å². The van der Waals surface area contributed by atoms with Crippen molar-refractivity contribution < 1.29 is 4.79 Å². The number of nitrogens with two attached hydrogens (primary N) is 1. The van der Waals surface area contributed by atoms with Crippen LogP contribution in [-0.2, 0) is 12.8 Å². The van der Waals surface area contributed by atoms with Gasteiger partial charge in [0, 0.05) is 29.4 Å². The van der Waals surface area contributed by atoms with Gasteiger partial charge in [-0.05, 0) is 55.8 Å². The summed E-state index contributed by atoms with van der Waals surface area (Å²) in [5, 5.41) is 5.79. The molecule has 138 valence electrons. The van der Waals surface area contributed by atoms with Crippen LogP contribution in [0.1, 0.15) is 41.5 Å². The third kappa shape index (κ3) is 2.92. The molecule has 0 radical (unpaired) electrons. The van der Waals surface area contributed by atoms with Gasteiger partial charge in [0.1, 0.15) is 0 Å². The van der Waals surface area contributed by atoms with Gasteiger partial charge in [-0.1, -0.05) is 30.1 Å². The average molecular weight is 393 g/mol. The number of amides is 1. The highest BCUT2D eigenvalue weighted by atomic mass is 35.5. The maximum Gasteiger partial charge on any atom is 0.274 e. The average Bonchev–Trinajstić information content (AvgIpc) is 3.30. The van der Waals surface area contributed by atoms with Crippen molar-refractivity contribution in [3.05, 3.63) is 45.2 Å². The molecule has 2 N–H and O–H groups in total. The van der Waals surface area contributed by atoms with Crippen molar-refractivity contribution in [3.63, 3.8) is 0 Å². The number of carbonyl (C=O) groups is 1. The van der Waals surface area contributed by atoms with Crippen LogP contribution < -0.4 is 5.73 Å². The molecule has 1 unspecified atom stereocenters. The largest absolute Gasteiger partial charge is 0.337 e. The lowest BCUT2D eigenvalue weighted by atomic mass is 9.90. The maximum absolute atomic E-state index is 13.1. The van der Waals surface area contributed by atoms with E-state index in [1.807, 2.05) is 15.6 Å². The second-order valence-corrected chi connectivity index (χ2v) is 8.47.